The Hall–Kier alpha value is -1.84. The maximum absolute atomic E-state index is 12.5. The van der Waals surface area contributed by atoms with E-state index in [1.807, 2.05) is 32.0 Å². The van der Waals surface area contributed by atoms with Crippen LogP contribution in [0.5, 0.6) is 0 Å². The third-order valence-electron chi connectivity index (χ3n) is 3.92. The second-order valence-electron chi connectivity index (χ2n) is 6.45. The molecule has 4 heteroatoms. The van der Waals surface area contributed by atoms with Crippen molar-refractivity contribution in [1.29, 1.82) is 0 Å². The number of hydrogen-bond donors (Lipinski definition) is 1. The number of carbonyl (C=O) groups is 2. The van der Waals surface area contributed by atoms with Crippen molar-refractivity contribution in [2.24, 2.45) is 5.41 Å². The van der Waals surface area contributed by atoms with Crippen LogP contribution in [-0.2, 0) is 16.0 Å². The number of carboxylic acid groups (broad SMARTS) is 1. The van der Waals surface area contributed by atoms with Gasteiger partial charge in [0.2, 0.25) is 5.91 Å². The van der Waals surface area contributed by atoms with Gasteiger partial charge >= 0.3 is 5.97 Å². The van der Waals surface area contributed by atoms with Gasteiger partial charge in [0.05, 0.1) is 0 Å². The van der Waals surface area contributed by atoms with E-state index >= 15 is 0 Å². The normalized spacial score (nSPS) is 11.2. The SMILES string of the molecule is CN(CCCC(=O)O)C(=O)C(C)(C)CCCc1ccccc1. The highest BCUT2D eigenvalue weighted by molar-refractivity contribution is 5.81. The minimum absolute atomic E-state index is 0.0888. The molecule has 4 nitrogen and oxygen atoms in total. The Morgan fingerprint density at radius 3 is 2.36 bits per heavy atom. The number of carbonyl (C=O) groups excluding carboxylic acids is 1. The summed E-state index contributed by atoms with van der Waals surface area (Å²) in [5.41, 5.74) is 0.882. The lowest BCUT2D eigenvalue weighted by atomic mass is 9.85. The summed E-state index contributed by atoms with van der Waals surface area (Å²) in [5.74, 6) is -0.728. The van der Waals surface area contributed by atoms with Crippen molar-refractivity contribution in [3.8, 4) is 0 Å². The monoisotopic (exact) mass is 305 g/mol. The highest BCUT2D eigenvalue weighted by atomic mass is 16.4. The van der Waals surface area contributed by atoms with Gasteiger partial charge in [-0.1, -0.05) is 44.2 Å². The van der Waals surface area contributed by atoms with Crippen molar-refractivity contribution in [3.05, 3.63) is 35.9 Å². The summed E-state index contributed by atoms with van der Waals surface area (Å²) in [6.07, 6.45) is 3.36. The molecule has 0 unspecified atom stereocenters. The topological polar surface area (TPSA) is 57.6 Å². The van der Waals surface area contributed by atoms with Crippen LogP contribution in [0.25, 0.3) is 0 Å². The first-order valence-corrected chi connectivity index (χ1v) is 7.84. The van der Waals surface area contributed by atoms with Crippen molar-refractivity contribution in [2.45, 2.75) is 46.0 Å². The summed E-state index contributed by atoms with van der Waals surface area (Å²) in [5, 5.41) is 8.65. The van der Waals surface area contributed by atoms with E-state index in [2.05, 4.69) is 12.1 Å². The fourth-order valence-corrected chi connectivity index (χ4v) is 2.57. The van der Waals surface area contributed by atoms with Gasteiger partial charge in [-0.25, -0.2) is 0 Å². The maximum Gasteiger partial charge on any atom is 0.303 e. The van der Waals surface area contributed by atoms with Crippen molar-refractivity contribution in [1.82, 2.24) is 4.90 Å². The molecule has 0 spiro atoms. The largest absolute Gasteiger partial charge is 0.481 e. The molecule has 122 valence electrons. The smallest absolute Gasteiger partial charge is 0.303 e. The molecular formula is C18H27NO3. The molecule has 0 aromatic heterocycles. The minimum atomic E-state index is -0.817. The lowest BCUT2D eigenvalue weighted by Gasteiger charge is -2.29. The molecule has 0 aliphatic carbocycles. The average Bonchev–Trinajstić information content (AvgIpc) is 2.46. The van der Waals surface area contributed by atoms with E-state index in [1.54, 1.807) is 11.9 Å². The fraction of sp³-hybridized carbons (Fsp3) is 0.556. The molecule has 0 atom stereocenters. The number of hydrogen-bond acceptors (Lipinski definition) is 2. The molecule has 1 aromatic carbocycles. The molecule has 0 aliphatic rings. The van der Waals surface area contributed by atoms with Crippen LogP contribution < -0.4 is 0 Å². The molecule has 0 fully saturated rings. The van der Waals surface area contributed by atoms with Crippen LogP contribution in [0, 0.1) is 5.41 Å². The molecule has 1 amide bonds. The fourth-order valence-electron chi connectivity index (χ4n) is 2.57. The number of nitrogens with zero attached hydrogens (tertiary/aromatic N) is 1. The molecule has 1 aromatic rings. The summed E-state index contributed by atoms with van der Waals surface area (Å²) < 4.78 is 0. The van der Waals surface area contributed by atoms with Crippen LogP contribution in [0.4, 0.5) is 0 Å². The first-order valence-electron chi connectivity index (χ1n) is 7.84. The Morgan fingerprint density at radius 1 is 1.14 bits per heavy atom. The summed E-state index contributed by atoms with van der Waals surface area (Å²) in [4.78, 5) is 24.6. The standard InChI is InChI=1S/C18H27NO3/c1-18(2,13-7-11-15-9-5-4-6-10-15)17(22)19(3)14-8-12-16(20)21/h4-6,9-10H,7-8,11-14H2,1-3H3,(H,20,21). The van der Waals surface area contributed by atoms with Gasteiger partial charge in [-0.2, -0.15) is 0 Å². The quantitative estimate of drug-likeness (QED) is 0.761. The zero-order chi connectivity index (χ0) is 16.6. The summed E-state index contributed by atoms with van der Waals surface area (Å²) in [6.45, 7) is 4.43. The van der Waals surface area contributed by atoms with Crippen LogP contribution in [0.15, 0.2) is 30.3 Å². The Bertz CT molecular complexity index is 482. The Labute approximate surface area is 133 Å². The highest BCUT2D eigenvalue weighted by Gasteiger charge is 2.29. The van der Waals surface area contributed by atoms with E-state index in [-0.39, 0.29) is 12.3 Å². The van der Waals surface area contributed by atoms with Gasteiger partial charge in [0, 0.05) is 25.4 Å². The number of aliphatic carboxylic acids is 1. The zero-order valence-corrected chi connectivity index (χ0v) is 13.8. The number of aryl methyl sites for hydroxylation is 1. The number of amides is 1. The lowest BCUT2D eigenvalue weighted by molar-refractivity contribution is -0.141. The van der Waals surface area contributed by atoms with Gasteiger partial charge in [-0.05, 0) is 31.2 Å². The second kappa shape index (κ2) is 8.57. The minimum Gasteiger partial charge on any atom is -0.481 e. The van der Waals surface area contributed by atoms with E-state index in [9.17, 15) is 9.59 Å². The van der Waals surface area contributed by atoms with Crippen LogP contribution in [-0.4, -0.2) is 35.5 Å². The van der Waals surface area contributed by atoms with Gasteiger partial charge in [0.15, 0.2) is 0 Å². The second-order valence-corrected chi connectivity index (χ2v) is 6.45. The third-order valence-corrected chi connectivity index (χ3v) is 3.92. The predicted octanol–water partition coefficient (Wildman–Crippen LogP) is 3.36. The molecule has 0 bridgehead atoms. The Kier molecular flexibility index (Phi) is 7.09. The van der Waals surface area contributed by atoms with Gasteiger partial charge < -0.3 is 10.0 Å². The van der Waals surface area contributed by atoms with Gasteiger partial charge in [-0.15, -0.1) is 0 Å². The summed E-state index contributed by atoms with van der Waals surface area (Å²) in [6, 6.07) is 10.3. The molecule has 0 radical (unpaired) electrons. The molecular weight excluding hydrogens is 278 g/mol. The van der Waals surface area contributed by atoms with E-state index in [0.717, 1.165) is 19.3 Å². The molecule has 1 N–H and O–H groups in total. The van der Waals surface area contributed by atoms with Crippen LogP contribution in [0.1, 0.15) is 45.1 Å². The molecule has 0 saturated carbocycles. The zero-order valence-electron chi connectivity index (χ0n) is 13.8. The number of rotatable bonds is 9. The molecule has 22 heavy (non-hydrogen) atoms. The van der Waals surface area contributed by atoms with E-state index < -0.39 is 11.4 Å². The van der Waals surface area contributed by atoms with Crippen LogP contribution >= 0.6 is 0 Å². The summed E-state index contributed by atoms with van der Waals surface area (Å²) in [7, 11) is 1.75. The van der Waals surface area contributed by atoms with Crippen molar-refractivity contribution in [3.63, 3.8) is 0 Å². The Morgan fingerprint density at radius 2 is 1.77 bits per heavy atom. The van der Waals surface area contributed by atoms with Crippen molar-refractivity contribution in [2.75, 3.05) is 13.6 Å². The van der Waals surface area contributed by atoms with Crippen LogP contribution in [0.2, 0.25) is 0 Å². The van der Waals surface area contributed by atoms with Crippen molar-refractivity contribution < 1.29 is 14.7 Å². The van der Waals surface area contributed by atoms with Gasteiger partial charge in [0.25, 0.3) is 0 Å². The maximum atomic E-state index is 12.5. The first kappa shape index (κ1) is 18.2. The molecule has 1 rings (SSSR count). The first-order chi connectivity index (χ1) is 10.3. The predicted molar refractivity (Wildman–Crippen MR) is 87.7 cm³/mol. The summed E-state index contributed by atoms with van der Waals surface area (Å²) >= 11 is 0. The molecule has 0 heterocycles. The third kappa shape index (κ3) is 6.29. The lowest BCUT2D eigenvalue weighted by Crippen LogP contribution is -2.39. The van der Waals surface area contributed by atoms with Crippen LogP contribution in [0.3, 0.4) is 0 Å². The highest BCUT2D eigenvalue weighted by Crippen LogP contribution is 2.26. The molecule has 0 aliphatic heterocycles. The van der Waals surface area contributed by atoms with Gasteiger partial charge in [0.1, 0.15) is 0 Å². The van der Waals surface area contributed by atoms with Gasteiger partial charge in [-0.3, -0.25) is 9.59 Å². The number of carboxylic acids is 1. The average molecular weight is 305 g/mol. The van der Waals surface area contributed by atoms with E-state index in [4.69, 9.17) is 5.11 Å². The van der Waals surface area contributed by atoms with E-state index in [0.29, 0.717) is 13.0 Å². The molecule has 0 saturated heterocycles. The Balaban J connectivity index is 2.39. The van der Waals surface area contributed by atoms with E-state index in [1.165, 1.54) is 5.56 Å². The number of benzene rings is 1. The van der Waals surface area contributed by atoms with Crippen molar-refractivity contribution >= 4 is 11.9 Å².